The number of hydrogen-bond acceptors (Lipinski definition) is 3. The first-order chi connectivity index (χ1) is 7.73. The fraction of sp³-hybridized carbons (Fsp3) is 0.364. The number of fused-ring (bicyclic) bond motifs is 1. The van der Waals surface area contributed by atoms with Crippen LogP contribution in [0.2, 0.25) is 0 Å². The topological polar surface area (TPSA) is 51.4 Å². The second-order valence-electron chi connectivity index (χ2n) is 4.52. The van der Waals surface area contributed by atoms with E-state index < -0.39 is 14.6 Å². The van der Waals surface area contributed by atoms with Gasteiger partial charge in [-0.3, -0.25) is 0 Å². The average molecular weight is 364 g/mol. The molecule has 0 atom stereocenters. The molecule has 2 aromatic rings. The maximum atomic E-state index is 11.8. The van der Waals surface area contributed by atoms with E-state index >= 15 is 0 Å². The molecule has 2 rings (SSSR count). The van der Waals surface area contributed by atoms with E-state index in [-0.39, 0.29) is 0 Å². The van der Waals surface area contributed by atoms with E-state index in [2.05, 4.69) is 27.7 Å². The second-order valence-corrected chi connectivity index (χ2v) is 8.25. The molecule has 0 N–H and O–H groups in total. The highest BCUT2D eigenvalue weighted by atomic mass is 127. The first kappa shape index (κ1) is 12.8. The summed E-state index contributed by atoms with van der Waals surface area (Å²) >= 11 is 2.20. The van der Waals surface area contributed by atoms with Crippen LogP contribution in [0.4, 0.5) is 0 Å². The Morgan fingerprint density at radius 3 is 2.59 bits per heavy atom. The van der Waals surface area contributed by atoms with Gasteiger partial charge < -0.3 is 0 Å². The lowest BCUT2D eigenvalue weighted by Crippen LogP contribution is -2.28. The predicted molar refractivity (Wildman–Crippen MR) is 75.8 cm³/mol. The van der Waals surface area contributed by atoms with Crippen LogP contribution in [0, 0.1) is 3.57 Å². The lowest BCUT2D eigenvalue weighted by atomic mass is 10.0. The summed E-state index contributed by atoms with van der Waals surface area (Å²) in [6, 6.07) is 3.75. The van der Waals surface area contributed by atoms with Gasteiger partial charge in [-0.05, 0) is 48.1 Å². The molecule has 4 nitrogen and oxygen atoms in total. The molecule has 0 saturated carbocycles. The summed E-state index contributed by atoms with van der Waals surface area (Å²) in [6.45, 7) is 3.41. The summed E-state index contributed by atoms with van der Waals surface area (Å²) in [5.41, 5.74) is 1.73. The molecule has 0 aliphatic heterocycles. The third-order valence-electron chi connectivity index (χ3n) is 3.09. The zero-order chi connectivity index (χ0) is 12.8. The molecule has 0 spiro atoms. The van der Waals surface area contributed by atoms with Crippen LogP contribution in [-0.4, -0.2) is 24.3 Å². The van der Waals surface area contributed by atoms with Crippen LogP contribution < -0.4 is 0 Å². The van der Waals surface area contributed by atoms with E-state index in [9.17, 15) is 8.42 Å². The van der Waals surface area contributed by atoms with E-state index in [4.69, 9.17) is 0 Å². The van der Waals surface area contributed by atoms with Crippen molar-refractivity contribution in [2.24, 2.45) is 0 Å². The number of nitrogens with zero attached hydrogens (tertiary/aromatic N) is 2. The highest BCUT2D eigenvalue weighted by molar-refractivity contribution is 14.1. The molecule has 0 bridgehead atoms. The van der Waals surface area contributed by atoms with Gasteiger partial charge in [0, 0.05) is 12.5 Å². The smallest absolute Gasteiger partial charge is 0.156 e. The maximum absolute atomic E-state index is 11.8. The molecule has 0 fully saturated rings. The van der Waals surface area contributed by atoms with Crippen molar-refractivity contribution in [3.8, 4) is 0 Å². The summed E-state index contributed by atoms with van der Waals surface area (Å²) in [4.78, 5) is 0. The molecule has 2 heterocycles. The van der Waals surface area contributed by atoms with Crippen LogP contribution in [0.25, 0.3) is 5.52 Å². The van der Waals surface area contributed by atoms with Crippen LogP contribution in [0.15, 0.2) is 24.5 Å². The Kier molecular flexibility index (Phi) is 2.97. The van der Waals surface area contributed by atoms with Gasteiger partial charge in [0.05, 0.1) is 20.0 Å². The predicted octanol–water partition coefficient (Wildman–Crippen LogP) is 2.22. The molecule has 0 aliphatic carbocycles. The van der Waals surface area contributed by atoms with Crippen molar-refractivity contribution in [1.29, 1.82) is 0 Å². The first-order valence-electron chi connectivity index (χ1n) is 5.06. The van der Waals surface area contributed by atoms with Gasteiger partial charge in [-0.15, -0.1) is 0 Å². The largest absolute Gasteiger partial charge is 0.240 e. The van der Waals surface area contributed by atoms with Crippen molar-refractivity contribution < 1.29 is 8.42 Å². The highest BCUT2D eigenvalue weighted by Gasteiger charge is 2.32. The van der Waals surface area contributed by atoms with Crippen molar-refractivity contribution >= 4 is 37.9 Å². The number of pyridine rings is 1. The summed E-state index contributed by atoms with van der Waals surface area (Å²) in [5.74, 6) is 0. The number of hydrogen-bond donors (Lipinski definition) is 0. The van der Waals surface area contributed by atoms with Gasteiger partial charge in [0.15, 0.2) is 9.84 Å². The molecule has 6 heteroatoms. The van der Waals surface area contributed by atoms with Gasteiger partial charge >= 0.3 is 0 Å². The van der Waals surface area contributed by atoms with Gasteiger partial charge in [0.1, 0.15) is 0 Å². The molecule has 92 valence electrons. The molecular formula is C11H13IN2O2S. The van der Waals surface area contributed by atoms with E-state index in [0.717, 1.165) is 14.7 Å². The van der Waals surface area contributed by atoms with E-state index in [1.165, 1.54) is 6.26 Å². The Hall–Kier alpha value is -0.630. The van der Waals surface area contributed by atoms with Crippen LogP contribution in [0.5, 0.6) is 0 Å². The van der Waals surface area contributed by atoms with Gasteiger partial charge in [-0.2, -0.15) is 5.10 Å². The Bertz CT molecular complexity index is 674. The molecule has 17 heavy (non-hydrogen) atoms. The minimum absolute atomic E-state index is 0.743. The standard InChI is InChI=1S/C11H13IN2O2S/c1-11(2,17(3,15)16)8-4-5-10-9(12)6-13-14(10)7-8/h4-7H,1-3H3. The number of sulfone groups is 1. The summed E-state index contributed by atoms with van der Waals surface area (Å²) < 4.78 is 25.4. The lowest BCUT2D eigenvalue weighted by Gasteiger charge is -2.22. The third-order valence-corrected chi connectivity index (χ3v) is 6.01. The van der Waals surface area contributed by atoms with Gasteiger partial charge in [-0.1, -0.05) is 6.07 Å². The van der Waals surface area contributed by atoms with Crippen molar-refractivity contribution in [1.82, 2.24) is 9.61 Å². The van der Waals surface area contributed by atoms with E-state index in [0.29, 0.717) is 0 Å². The molecule has 2 aromatic heterocycles. The first-order valence-corrected chi connectivity index (χ1v) is 8.03. The monoisotopic (exact) mass is 364 g/mol. The van der Waals surface area contributed by atoms with Gasteiger partial charge in [-0.25, -0.2) is 12.9 Å². The van der Waals surface area contributed by atoms with Crippen molar-refractivity contribution in [2.75, 3.05) is 6.26 Å². The minimum Gasteiger partial charge on any atom is -0.240 e. The summed E-state index contributed by atoms with van der Waals surface area (Å²) in [6.07, 6.45) is 4.79. The Balaban J connectivity index is 2.65. The van der Waals surface area contributed by atoms with Crippen LogP contribution in [0.3, 0.4) is 0 Å². The van der Waals surface area contributed by atoms with Gasteiger partial charge in [0.25, 0.3) is 0 Å². The van der Waals surface area contributed by atoms with Crippen molar-refractivity contribution in [3.63, 3.8) is 0 Å². The molecule has 0 amide bonds. The zero-order valence-electron chi connectivity index (χ0n) is 9.81. The molecule has 0 radical (unpaired) electrons. The lowest BCUT2D eigenvalue weighted by molar-refractivity contribution is 0.560. The fourth-order valence-corrected chi connectivity index (χ4v) is 2.62. The third kappa shape index (κ3) is 2.08. The number of aromatic nitrogens is 2. The molecular weight excluding hydrogens is 351 g/mol. The maximum Gasteiger partial charge on any atom is 0.156 e. The Morgan fingerprint density at radius 2 is 2.00 bits per heavy atom. The van der Waals surface area contributed by atoms with Crippen LogP contribution in [-0.2, 0) is 14.6 Å². The van der Waals surface area contributed by atoms with Gasteiger partial charge in [0.2, 0.25) is 0 Å². The van der Waals surface area contributed by atoms with Crippen molar-refractivity contribution in [2.45, 2.75) is 18.6 Å². The molecule has 0 unspecified atom stereocenters. The number of rotatable bonds is 2. The average Bonchev–Trinajstić information content (AvgIpc) is 2.58. The van der Waals surface area contributed by atoms with E-state index in [1.807, 2.05) is 12.1 Å². The Morgan fingerprint density at radius 1 is 1.35 bits per heavy atom. The SMILES string of the molecule is CC(C)(c1ccc2c(I)cnn2c1)S(C)(=O)=O. The van der Waals surface area contributed by atoms with Crippen LogP contribution in [0.1, 0.15) is 19.4 Å². The second kappa shape index (κ2) is 3.94. The zero-order valence-corrected chi connectivity index (χ0v) is 12.8. The minimum atomic E-state index is -3.16. The Labute approximate surface area is 114 Å². The number of halogens is 1. The summed E-state index contributed by atoms with van der Waals surface area (Å²) in [5, 5.41) is 4.19. The summed E-state index contributed by atoms with van der Waals surface area (Å²) in [7, 11) is -3.16. The van der Waals surface area contributed by atoms with Crippen LogP contribution >= 0.6 is 22.6 Å². The molecule has 0 aliphatic rings. The molecule has 0 saturated heterocycles. The van der Waals surface area contributed by atoms with E-state index in [1.54, 1.807) is 30.8 Å². The molecule has 0 aromatic carbocycles. The fourth-order valence-electron chi connectivity index (χ4n) is 1.52. The normalized spacial score (nSPS) is 13.2. The quantitative estimate of drug-likeness (QED) is 0.768. The van der Waals surface area contributed by atoms with Crippen molar-refractivity contribution in [3.05, 3.63) is 33.7 Å². The highest BCUT2D eigenvalue weighted by Crippen LogP contribution is 2.29.